The van der Waals surface area contributed by atoms with Gasteiger partial charge in [0.25, 0.3) is 0 Å². The lowest BCUT2D eigenvalue weighted by Crippen LogP contribution is -2.47. The Morgan fingerprint density at radius 2 is 1.95 bits per heavy atom. The third-order valence-electron chi connectivity index (χ3n) is 4.57. The Morgan fingerprint density at radius 3 is 2.52 bits per heavy atom. The van der Waals surface area contributed by atoms with Crippen LogP contribution in [-0.2, 0) is 11.2 Å². The van der Waals surface area contributed by atoms with Crippen molar-refractivity contribution < 1.29 is 4.79 Å². The molecule has 2 N–H and O–H groups in total. The molecule has 1 aliphatic rings. The average molecular weight is 289 g/mol. The summed E-state index contributed by atoms with van der Waals surface area (Å²) in [5.41, 5.74) is 7.55. The second-order valence-electron chi connectivity index (χ2n) is 6.24. The Morgan fingerprint density at radius 1 is 1.33 bits per heavy atom. The van der Waals surface area contributed by atoms with Crippen molar-refractivity contribution in [2.24, 2.45) is 0 Å². The number of carbonyl (C=O) groups excluding carboxylic acids is 1. The first-order valence-corrected chi connectivity index (χ1v) is 7.82. The van der Waals surface area contributed by atoms with Gasteiger partial charge in [-0.05, 0) is 38.3 Å². The van der Waals surface area contributed by atoms with Crippen LogP contribution in [0.5, 0.6) is 0 Å². The van der Waals surface area contributed by atoms with Crippen molar-refractivity contribution in [2.45, 2.75) is 45.2 Å². The molecule has 2 rings (SSSR count). The van der Waals surface area contributed by atoms with Crippen LogP contribution in [0.3, 0.4) is 0 Å². The number of likely N-dealkylation sites (tertiary alicyclic amines) is 1. The van der Waals surface area contributed by atoms with Crippen LogP contribution in [0.2, 0.25) is 0 Å². The second kappa shape index (κ2) is 6.94. The quantitative estimate of drug-likeness (QED) is 0.864. The number of likely N-dealkylation sites (N-methyl/N-ethyl adjacent to an activating group) is 1. The summed E-state index contributed by atoms with van der Waals surface area (Å²) in [7, 11) is 1.93. The number of hydrogen-bond donors (Lipinski definition) is 1. The van der Waals surface area contributed by atoms with Crippen LogP contribution in [0, 0.1) is 0 Å². The number of para-hydroxylation sites is 1. The molecule has 0 aliphatic carbocycles. The van der Waals surface area contributed by atoms with E-state index < -0.39 is 0 Å². The summed E-state index contributed by atoms with van der Waals surface area (Å²) >= 11 is 0. The van der Waals surface area contributed by atoms with E-state index in [4.69, 9.17) is 5.73 Å². The number of anilines is 1. The number of nitrogens with two attached hydrogens (primary N) is 1. The fourth-order valence-corrected chi connectivity index (χ4v) is 2.98. The number of rotatable bonds is 4. The van der Waals surface area contributed by atoms with E-state index in [1.807, 2.05) is 36.2 Å². The lowest BCUT2D eigenvalue weighted by atomic mass is 10.0. The van der Waals surface area contributed by atoms with Gasteiger partial charge in [-0.1, -0.05) is 18.2 Å². The molecule has 1 fully saturated rings. The Kier molecular flexibility index (Phi) is 5.23. The van der Waals surface area contributed by atoms with Gasteiger partial charge in [-0.25, -0.2) is 0 Å². The molecule has 0 aromatic heterocycles. The van der Waals surface area contributed by atoms with Gasteiger partial charge in [0.2, 0.25) is 5.91 Å². The highest BCUT2D eigenvalue weighted by Crippen LogP contribution is 2.19. The summed E-state index contributed by atoms with van der Waals surface area (Å²) in [6.45, 7) is 6.61. The van der Waals surface area contributed by atoms with Gasteiger partial charge in [-0.3, -0.25) is 4.79 Å². The van der Waals surface area contributed by atoms with Gasteiger partial charge in [-0.2, -0.15) is 0 Å². The van der Waals surface area contributed by atoms with E-state index in [0.717, 1.165) is 31.5 Å². The number of hydrogen-bond acceptors (Lipinski definition) is 3. The Labute approximate surface area is 127 Å². The smallest absolute Gasteiger partial charge is 0.227 e. The Hall–Kier alpha value is -1.55. The van der Waals surface area contributed by atoms with E-state index in [2.05, 4.69) is 18.7 Å². The van der Waals surface area contributed by atoms with Crippen LogP contribution >= 0.6 is 0 Å². The third-order valence-corrected chi connectivity index (χ3v) is 4.57. The number of amides is 1. The lowest BCUT2D eigenvalue weighted by molar-refractivity contribution is -0.132. The van der Waals surface area contributed by atoms with Gasteiger partial charge >= 0.3 is 0 Å². The molecule has 4 nitrogen and oxygen atoms in total. The normalized spacial score (nSPS) is 17.1. The topological polar surface area (TPSA) is 49.6 Å². The fraction of sp³-hybridized carbons (Fsp3) is 0.588. The summed E-state index contributed by atoms with van der Waals surface area (Å²) in [6, 6.07) is 8.56. The van der Waals surface area contributed by atoms with Gasteiger partial charge in [0.15, 0.2) is 0 Å². The molecule has 0 saturated carbocycles. The molecule has 1 aliphatic heterocycles. The highest BCUT2D eigenvalue weighted by atomic mass is 16.2. The van der Waals surface area contributed by atoms with Crippen LogP contribution in [0.15, 0.2) is 24.3 Å². The molecule has 4 heteroatoms. The third kappa shape index (κ3) is 3.97. The second-order valence-corrected chi connectivity index (χ2v) is 6.24. The van der Waals surface area contributed by atoms with Crippen molar-refractivity contribution in [1.29, 1.82) is 0 Å². The summed E-state index contributed by atoms with van der Waals surface area (Å²) in [5, 5.41) is 0. The number of benzene rings is 1. The van der Waals surface area contributed by atoms with Crippen molar-refractivity contribution in [1.82, 2.24) is 9.80 Å². The molecule has 1 aromatic rings. The number of nitrogen functional groups attached to an aromatic ring is 1. The SMILES string of the molecule is CC(C)N1CCC(N(C)C(=O)Cc2ccccc2N)CC1. The summed E-state index contributed by atoms with van der Waals surface area (Å²) in [6.07, 6.45) is 2.52. The summed E-state index contributed by atoms with van der Waals surface area (Å²) in [5.74, 6) is 0.163. The molecular weight excluding hydrogens is 262 g/mol. The van der Waals surface area contributed by atoms with E-state index in [-0.39, 0.29) is 5.91 Å². The first-order chi connectivity index (χ1) is 9.99. The highest BCUT2D eigenvalue weighted by Gasteiger charge is 2.26. The van der Waals surface area contributed by atoms with Gasteiger partial charge in [0, 0.05) is 37.9 Å². The molecule has 0 unspecified atom stereocenters. The maximum Gasteiger partial charge on any atom is 0.227 e. The molecular formula is C17H27N3O. The van der Waals surface area contributed by atoms with Gasteiger partial charge in [0.1, 0.15) is 0 Å². The number of carbonyl (C=O) groups is 1. The Balaban J connectivity index is 1.90. The zero-order chi connectivity index (χ0) is 15.4. The number of piperidine rings is 1. The zero-order valence-corrected chi connectivity index (χ0v) is 13.4. The van der Waals surface area contributed by atoms with Crippen LogP contribution < -0.4 is 5.73 Å². The number of nitrogens with zero attached hydrogens (tertiary/aromatic N) is 2. The molecule has 116 valence electrons. The van der Waals surface area contributed by atoms with Crippen molar-refractivity contribution in [3.8, 4) is 0 Å². The predicted molar refractivity (Wildman–Crippen MR) is 87.1 cm³/mol. The molecule has 0 spiro atoms. The summed E-state index contributed by atoms with van der Waals surface area (Å²) < 4.78 is 0. The molecule has 0 bridgehead atoms. The maximum absolute atomic E-state index is 12.4. The van der Waals surface area contributed by atoms with E-state index in [1.54, 1.807) is 0 Å². The zero-order valence-electron chi connectivity index (χ0n) is 13.4. The van der Waals surface area contributed by atoms with Crippen LogP contribution in [-0.4, -0.2) is 47.9 Å². The van der Waals surface area contributed by atoms with Crippen LogP contribution in [0.1, 0.15) is 32.3 Å². The highest BCUT2D eigenvalue weighted by molar-refractivity contribution is 5.80. The minimum Gasteiger partial charge on any atom is -0.398 e. The monoisotopic (exact) mass is 289 g/mol. The maximum atomic E-state index is 12.4. The first-order valence-electron chi connectivity index (χ1n) is 7.82. The van der Waals surface area contributed by atoms with E-state index in [9.17, 15) is 4.79 Å². The fourth-order valence-electron chi connectivity index (χ4n) is 2.98. The van der Waals surface area contributed by atoms with Crippen molar-refractivity contribution in [3.63, 3.8) is 0 Å². The first kappa shape index (κ1) is 15.8. The van der Waals surface area contributed by atoms with E-state index in [0.29, 0.717) is 24.2 Å². The molecule has 0 atom stereocenters. The van der Waals surface area contributed by atoms with Crippen molar-refractivity contribution in [2.75, 3.05) is 25.9 Å². The van der Waals surface area contributed by atoms with Gasteiger partial charge in [0.05, 0.1) is 6.42 Å². The Bertz CT molecular complexity index is 479. The average Bonchev–Trinajstić information content (AvgIpc) is 2.49. The van der Waals surface area contributed by atoms with E-state index >= 15 is 0 Å². The largest absolute Gasteiger partial charge is 0.398 e. The lowest BCUT2D eigenvalue weighted by Gasteiger charge is -2.38. The van der Waals surface area contributed by atoms with Crippen LogP contribution in [0.25, 0.3) is 0 Å². The predicted octanol–water partition coefficient (Wildman–Crippen LogP) is 2.14. The minimum atomic E-state index is 0.163. The molecule has 1 aromatic carbocycles. The van der Waals surface area contributed by atoms with Gasteiger partial charge in [-0.15, -0.1) is 0 Å². The minimum absolute atomic E-state index is 0.163. The van der Waals surface area contributed by atoms with Crippen LogP contribution in [0.4, 0.5) is 5.69 Å². The van der Waals surface area contributed by atoms with Gasteiger partial charge < -0.3 is 15.5 Å². The molecule has 1 amide bonds. The molecule has 21 heavy (non-hydrogen) atoms. The van der Waals surface area contributed by atoms with Crippen molar-refractivity contribution in [3.05, 3.63) is 29.8 Å². The molecule has 0 radical (unpaired) electrons. The summed E-state index contributed by atoms with van der Waals surface area (Å²) in [4.78, 5) is 16.8. The molecule has 1 saturated heterocycles. The van der Waals surface area contributed by atoms with E-state index in [1.165, 1.54) is 0 Å². The molecule has 1 heterocycles. The standard InChI is InChI=1S/C17H27N3O/c1-13(2)20-10-8-15(9-11-20)19(3)17(21)12-14-6-4-5-7-16(14)18/h4-7,13,15H,8-12,18H2,1-3H3. The van der Waals surface area contributed by atoms with Crippen molar-refractivity contribution >= 4 is 11.6 Å².